The Labute approximate surface area is 115 Å². The van der Waals surface area contributed by atoms with Crippen LogP contribution in [-0.4, -0.2) is 19.2 Å². The van der Waals surface area contributed by atoms with Crippen molar-refractivity contribution >= 4 is 0 Å². The van der Waals surface area contributed by atoms with Gasteiger partial charge >= 0.3 is 0 Å². The molecule has 1 fully saturated rings. The van der Waals surface area contributed by atoms with Crippen molar-refractivity contribution in [1.29, 1.82) is 0 Å². The van der Waals surface area contributed by atoms with E-state index >= 15 is 0 Å². The zero-order valence-corrected chi connectivity index (χ0v) is 11.8. The second-order valence-corrected chi connectivity index (χ2v) is 5.42. The first kappa shape index (κ1) is 14.3. The Bertz CT molecular complexity index is 390. The van der Waals surface area contributed by atoms with Crippen LogP contribution in [0, 0.1) is 12.7 Å². The van der Waals surface area contributed by atoms with E-state index < -0.39 is 0 Å². The molecule has 0 bridgehead atoms. The monoisotopic (exact) mass is 265 g/mol. The highest BCUT2D eigenvalue weighted by Gasteiger charge is 2.19. The van der Waals surface area contributed by atoms with Crippen LogP contribution in [0.2, 0.25) is 0 Å². The van der Waals surface area contributed by atoms with E-state index in [-0.39, 0.29) is 5.82 Å². The Hall–Kier alpha value is -1.09. The van der Waals surface area contributed by atoms with Crippen molar-refractivity contribution in [3.05, 3.63) is 29.6 Å². The normalized spacial score (nSPS) is 14.6. The summed E-state index contributed by atoms with van der Waals surface area (Å²) in [6.45, 7) is 3.69. The Kier molecular flexibility index (Phi) is 5.64. The Morgan fingerprint density at radius 2 is 2.00 bits per heavy atom. The zero-order chi connectivity index (χ0) is 13.5. The third-order valence-corrected chi connectivity index (χ3v) is 3.43. The van der Waals surface area contributed by atoms with Gasteiger partial charge in [0, 0.05) is 6.04 Å². The SMILES string of the molecule is Cc1ccc(F)c(OCCCCCCNC2CC2)c1. The van der Waals surface area contributed by atoms with E-state index in [0.717, 1.165) is 31.0 Å². The molecule has 0 unspecified atom stereocenters. The van der Waals surface area contributed by atoms with Gasteiger partial charge in [-0.25, -0.2) is 4.39 Å². The van der Waals surface area contributed by atoms with Gasteiger partial charge in [0.25, 0.3) is 0 Å². The first-order valence-electron chi connectivity index (χ1n) is 7.38. The summed E-state index contributed by atoms with van der Waals surface area (Å²) in [5, 5.41) is 3.51. The summed E-state index contributed by atoms with van der Waals surface area (Å²) >= 11 is 0. The van der Waals surface area contributed by atoms with Crippen molar-refractivity contribution in [3.63, 3.8) is 0 Å². The molecule has 1 N–H and O–H groups in total. The minimum atomic E-state index is -0.265. The highest BCUT2D eigenvalue weighted by atomic mass is 19.1. The summed E-state index contributed by atoms with van der Waals surface area (Å²) in [6, 6.07) is 5.80. The average molecular weight is 265 g/mol. The molecule has 0 saturated heterocycles. The molecule has 0 amide bonds. The molecule has 2 rings (SSSR count). The molecule has 0 aromatic heterocycles. The van der Waals surface area contributed by atoms with Crippen LogP contribution >= 0.6 is 0 Å². The smallest absolute Gasteiger partial charge is 0.165 e. The summed E-state index contributed by atoms with van der Waals surface area (Å²) in [7, 11) is 0. The van der Waals surface area contributed by atoms with Gasteiger partial charge in [-0.15, -0.1) is 0 Å². The van der Waals surface area contributed by atoms with Gasteiger partial charge in [0.2, 0.25) is 0 Å². The number of nitrogens with one attached hydrogen (secondary N) is 1. The van der Waals surface area contributed by atoms with E-state index in [1.165, 1.54) is 31.7 Å². The van der Waals surface area contributed by atoms with Gasteiger partial charge < -0.3 is 10.1 Å². The van der Waals surface area contributed by atoms with E-state index in [1.807, 2.05) is 6.92 Å². The number of aryl methyl sites for hydroxylation is 1. The number of hydrogen-bond donors (Lipinski definition) is 1. The molecule has 1 aromatic rings. The van der Waals surface area contributed by atoms with Crippen LogP contribution < -0.4 is 10.1 Å². The van der Waals surface area contributed by atoms with Gasteiger partial charge in [-0.3, -0.25) is 0 Å². The zero-order valence-electron chi connectivity index (χ0n) is 11.8. The number of hydrogen-bond acceptors (Lipinski definition) is 2. The maximum Gasteiger partial charge on any atom is 0.165 e. The third-order valence-electron chi connectivity index (χ3n) is 3.43. The highest BCUT2D eigenvalue weighted by Crippen LogP contribution is 2.19. The number of ether oxygens (including phenoxy) is 1. The summed E-state index contributed by atoms with van der Waals surface area (Å²) in [5.41, 5.74) is 1.03. The average Bonchev–Trinajstić information content (AvgIpc) is 3.20. The lowest BCUT2D eigenvalue weighted by Crippen LogP contribution is -2.17. The van der Waals surface area contributed by atoms with Crippen molar-refractivity contribution in [2.75, 3.05) is 13.2 Å². The summed E-state index contributed by atoms with van der Waals surface area (Å²) < 4.78 is 18.9. The van der Waals surface area contributed by atoms with Crippen LogP contribution in [0.4, 0.5) is 4.39 Å². The van der Waals surface area contributed by atoms with E-state index in [9.17, 15) is 4.39 Å². The summed E-state index contributed by atoms with van der Waals surface area (Å²) in [6.07, 6.45) is 7.32. The fraction of sp³-hybridized carbons (Fsp3) is 0.625. The largest absolute Gasteiger partial charge is 0.491 e. The predicted octanol–water partition coefficient (Wildman–Crippen LogP) is 3.83. The first-order chi connectivity index (χ1) is 9.25. The summed E-state index contributed by atoms with van der Waals surface area (Å²) in [5.74, 6) is 0.120. The van der Waals surface area contributed by atoms with Crippen molar-refractivity contribution < 1.29 is 9.13 Å². The molecule has 0 spiro atoms. The van der Waals surface area contributed by atoms with Gasteiger partial charge in [-0.2, -0.15) is 0 Å². The van der Waals surface area contributed by atoms with Gasteiger partial charge in [-0.1, -0.05) is 18.9 Å². The quantitative estimate of drug-likeness (QED) is 0.685. The molecular weight excluding hydrogens is 241 g/mol. The highest BCUT2D eigenvalue weighted by molar-refractivity contribution is 5.29. The lowest BCUT2D eigenvalue weighted by Gasteiger charge is -2.08. The summed E-state index contributed by atoms with van der Waals surface area (Å²) in [4.78, 5) is 0. The molecule has 106 valence electrons. The lowest BCUT2D eigenvalue weighted by molar-refractivity contribution is 0.290. The minimum absolute atomic E-state index is 0.265. The first-order valence-corrected chi connectivity index (χ1v) is 7.38. The Balaban J connectivity index is 1.49. The molecule has 19 heavy (non-hydrogen) atoms. The van der Waals surface area contributed by atoms with Gasteiger partial charge in [-0.05, 0) is 56.8 Å². The van der Waals surface area contributed by atoms with E-state index in [1.54, 1.807) is 12.1 Å². The fourth-order valence-electron chi connectivity index (χ4n) is 2.08. The van der Waals surface area contributed by atoms with E-state index in [2.05, 4.69) is 5.32 Å². The number of rotatable bonds is 9. The van der Waals surface area contributed by atoms with Gasteiger partial charge in [0.05, 0.1) is 6.61 Å². The second-order valence-electron chi connectivity index (χ2n) is 5.42. The Morgan fingerprint density at radius 1 is 1.21 bits per heavy atom. The maximum atomic E-state index is 13.4. The molecule has 1 aliphatic carbocycles. The number of benzene rings is 1. The molecule has 0 heterocycles. The van der Waals surface area contributed by atoms with Crippen LogP contribution in [0.1, 0.15) is 44.1 Å². The maximum absolute atomic E-state index is 13.4. The van der Waals surface area contributed by atoms with Crippen LogP contribution in [0.25, 0.3) is 0 Å². The molecule has 0 aliphatic heterocycles. The third kappa shape index (κ3) is 5.60. The van der Waals surface area contributed by atoms with Crippen LogP contribution in [0.5, 0.6) is 5.75 Å². The van der Waals surface area contributed by atoms with Gasteiger partial charge in [0.15, 0.2) is 11.6 Å². The Morgan fingerprint density at radius 3 is 2.79 bits per heavy atom. The molecule has 3 heteroatoms. The van der Waals surface area contributed by atoms with Crippen LogP contribution in [0.15, 0.2) is 18.2 Å². The molecule has 1 aromatic carbocycles. The minimum Gasteiger partial charge on any atom is -0.491 e. The molecule has 2 nitrogen and oxygen atoms in total. The van der Waals surface area contributed by atoms with Crippen molar-refractivity contribution in [2.24, 2.45) is 0 Å². The standard InChI is InChI=1S/C16H24FNO/c1-13-6-9-15(17)16(12-13)19-11-5-3-2-4-10-18-14-7-8-14/h6,9,12,14,18H,2-5,7-8,10-11H2,1H3. The van der Waals surface area contributed by atoms with Gasteiger partial charge in [0.1, 0.15) is 0 Å². The molecule has 1 aliphatic rings. The molecular formula is C16H24FNO. The predicted molar refractivity (Wildman–Crippen MR) is 76.1 cm³/mol. The molecule has 0 radical (unpaired) electrons. The van der Waals surface area contributed by atoms with E-state index in [0.29, 0.717) is 12.4 Å². The topological polar surface area (TPSA) is 21.3 Å². The molecule has 0 atom stereocenters. The fourth-order valence-corrected chi connectivity index (χ4v) is 2.08. The lowest BCUT2D eigenvalue weighted by atomic mass is 10.2. The molecule has 1 saturated carbocycles. The second kappa shape index (κ2) is 7.49. The van der Waals surface area contributed by atoms with E-state index in [4.69, 9.17) is 4.74 Å². The van der Waals surface area contributed by atoms with Crippen LogP contribution in [0.3, 0.4) is 0 Å². The van der Waals surface area contributed by atoms with Crippen molar-refractivity contribution in [2.45, 2.75) is 51.5 Å². The van der Waals surface area contributed by atoms with Crippen molar-refractivity contribution in [3.8, 4) is 5.75 Å². The number of halogens is 1. The van der Waals surface area contributed by atoms with Crippen LogP contribution in [-0.2, 0) is 0 Å². The van der Waals surface area contributed by atoms with Crippen molar-refractivity contribution in [1.82, 2.24) is 5.32 Å². The number of unbranched alkanes of at least 4 members (excludes halogenated alkanes) is 3.